The van der Waals surface area contributed by atoms with Crippen molar-refractivity contribution in [3.8, 4) is 0 Å². The second kappa shape index (κ2) is 4.29. The van der Waals surface area contributed by atoms with E-state index in [4.69, 9.17) is 5.73 Å². The van der Waals surface area contributed by atoms with Crippen molar-refractivity contribution in [3.05, 3.63) is 35.1 Å². The Balaban J connectivity index is 3.14. The van der Waals surface area contributed by atoms with Crippen LogP contribution in [-0.2, 0) is 6.18 Å². The summed E-state index contributed by atoms with van der Waals surface area (Å²) in [6, 6.07) is 2.30. The summed E-state index contributed by atoms with van der Waals surface area (Å²) in [7, 11) is 0. The lowest BCUT2D eigenvalue weighted by Gasteiger charge is -2.27. The Labute approximate surface area is 97.6 Å². The predicted octanol–water partition coefficient (Wildman–Crippen LogP) is 3.89. The highest BCUT2D eigenvalue weighted by atomic mass is 19.4. The van der Waals surface area contributed by atoms with E-state index < -0.39 is 23.6 Å². The van der Waals surface area contributed by atoms with Crippen LogP contribution in [0.4, 0.5) is 17.6 Å². The molecule has 1 aromatic rings. The Hall–Kier alpha value is -1.10. The summed E-state index contributed by atoms with van der Waals surface area (Å²) in [4.78, 5) is 0. The molecule has 1 rings (SSSR count). The first-order chi connectivity index (χ1) is 7.53. The second-order valence-corrected chi connectivity index (χ2v) is 5.08. The van der Waals surface area contributed by atoms with Crippen LogP contribution in [0.25, 0.3) is 0 Å². The average Bonchev–Trinajstić information content (AvgIpc) is 2.12. The lowest BCUT2D eigenvalue weighted by molar-refractivity contribution is -0.140. The van der Waals surface area contributed by atoms with Crippen molar-refractivity contribution >= 4 is 0 Å². The third-order valence-electron chi connectivity index (χ3n) is 2.59. The van der Waals surface area contributed by atoms with Crippen LogP contribution in [0.2, 0.25) is 0 Å². The SMILES string of the molecule is CC(C)(C)C(N)c1ccc(C(F)(F)F)c(F)c1. The van der Waals surface area contributed by atoms with Crippen LogP contribution in [0.5, 0.6) is 0 Å². The van der Waals surface area contributed by atoms with E-state index in [0.29, 0.717) is 5.56 Å². The van der Waals surface area contributed by atoms with Gasteiger partial charge < -0.3 is 5.73 Å². The molecule has 1 unspecified atom stereocenters. The van der Waals surface area contributed by atoms with Crippen LogP contribution in [-0.4, -0.2) is 0 Å². The standard InChI is InChI=1S/C12H15F4N/c1-11(2,3)10(17)7-4-5-8(9(13)6-7)12(14,15)16/h4-6,10H,17H2,1-3H3. The zero-order valence-corrected chi connectivity index (χ0v) is 9.90. The van der Waals surface area contributed by atoms with E-state index >= 15 is 0 Å². The van der Waals surface area contributed by atoms with Gasteiger partial charge in [-0.05, 0) is 23.1 Å². The number of rotatable bonds is 1. The van der Waals surface area contributed by atoms with Crippen LogP contribution in [0.3, 0.4) is 0 Å². The molecule has 0 amide bonds. The molecule has 17 heavy (non-hydrogen) atoms. The van der Waals surface area contributed by atoms with Crippen LogP contribution in [0, 0.1) is 11.2 Å². The molecule has 0 aliphatic heterocycles. The molecule has 2 N–H and O–H groups in total. The molecule has 0 spiro atoms. The largest absolute Gasteiger partial charge is 0.419 e. The molecular weight excluding hydrogens is 234 g/mol. The minimum Gasteiger partial charge on any atom is -0.324 e. The zero-order chi connectivity index (χ0) is 13.4. The number of halogens is 4. The van der Waals surface area contributed by atoms with Gasteiger partial charge in [0.05, 0.1) is 5.56 Å². The van der Waals surface area contributed by atoms with Crippen LogP contribution < -0.4 is 5.73 Å². The number of benzene rings is 1. The first-order valence-corrected chi connectivity index (χ1v) is 5.15. The van der Waals surface area contributed by atoms with E-state index in [2.05, 4.69) is 0 Å². The van der Waals surface area contributed by atoms with Crippen LogP contribution >= 0.6 is 0 Å². The molecule has 0 aliphatic rings. The first-order valence-electron chi connectivity index (χ1n) is 5.15. The fourth-order valence-corrected chi connectivity index (χ4v) is 1.45. The molecule has 1 aromatic carbocycles. The van der Waals surface area contributed by atoms with Crippen molar-refractivity contribution in [2.75, 3.05) is 0 Å². The lowest BCUT2D eigenvalue weighted by Crippen LogP contribution is -2.26. The quantitative estimate of drug-likeness (QED) is 0.751. The topological polar surface area (TPSA) is 26.0 Å². The summed E-state index contributed by atoms with van der Waals surface area (Å²) in [5.74, 6) is -1.28. The van der Waals surface area contributed by atoms with Gasteiger partial charge in [-0.3, -0.25) is 0 Å². The van der Waals surface area contributed by atoms with Gasteiger partial charge in [0.25, 0.3) is 0 Å². The third-order valence-corrected chi connectivity index (χ3v) is 2.59. The van der Waals surface area contributed by atoms with E-state index in [1.54, 1.807) is 0 Å². The van der Waals surface area contributed by atoms with Gasteiger partial charge in [0.15, 0.2) is 0 Å². The molecule has 0 saturated heterocycles. The van der Waals surface area contributed by atoms with Gasteiger partial charge >= 0.3 is 6.18 Å². The third kappa shape index (κ3) is 3.19. The van der Waals surface area contributed by atoms with E-state index in [-0.39, 0.29) is 5.41 Å². The smallest absolute Gasteiger partial charge is 0.324 e. The van der Waals surface area contributed by atoms with Gasteiger partial charge in [-0.25, -0.2) is 4.39 Å². The van der Waals surface area contributed by atoms with Crippen molar-refractivity contribution in [1.82, 2.24) is 0 Å². The summed E-state index contributed by atoms with van der Waals surface area (Å²) < 4.78 is 50.4. The zero-order valence-electron chi connectivity index (χ0n) is 9.90. The summed E-state index contributed by atoms with van der Waals surface area (Å²) in [5.41, 5.74) is 4.61. The molecule has 0 radical (unpaired) electrons. The monoisotopic (exact) mass is 249 g/mol. The van der Waals surface area contributed by atoms with Crippen LogP contribution in [0.1, 0.15) is 37.9 Å². The number of nitrogens with two attached hydrogens (primary N) is 1. The van der Waals surface area contributed by atoms with Crippen molar-refractivity contribution in [1.29, 1.82) is 0 Å². The number of alkyl halides is 3. The Kier molecular flexibility index (Phi) is 3.52. The highest BCUT2D eigenvalue weighted by molar-refractivity contribution is 5.29. The Morgan fingerprint density at radius 3 is 2.00 bits per heavy atom. The van der Waals surface area contributed by atoms with Crippen molar-refractivity contribution in [3.63, 3.8) is 0 Å². The molecule has 0 fully saturated rings. The maximum Gasteiger partial charge on any atom is 0.419 e. The Bertz CT molecular complexity index is 404. The van der Waals surface area contributed by atoms with Crippen molar-refractivity contribution in [2.24, 2.45) is 11.1 Å². The number of hydrogen-bond acceptors (Lipinski definition) is 1. The maximum atomic E-state index is 13.3. The fourth-order valence-electron chi connectivity index (χ4n) is 1.45. The van der Waals surface area contributed by atoms with E-state index in [0.717, 1.165) is 12.1 Å². The van der Waals surface area contributed by atoms with Crippen LogP contribution in [0.15, 0.2) is 18.2 Å². The second-order valence-electron chi connectivity index (χ2n) is 5.08. The maximum absolute atomic E-state index is 13.3. The molecule has 1 atom stereocenters. The van der Waals surface area contributed by atoms with Crippen molar-refractivity contribution < 1.29 is 17.6 Å². The highest BCUT2D eigenvalue weighted by Crippen LogP contribution is 2.35. The highest BCUT2D eigenvalue weighted by Gasteiger charge is 2.34. The summed E-state index contributed by atoms with van der Waals surface area (Å²) in [6.07, 6.45) is -4.67. The van der Waals surface area contributed by atoms with E-state index in [1.807, 2.05) is 20.8 Å². The lowest BCUT2D eigenvalue weighted by atomic mass is 9.83. The minimum absolute atomic E-state index is 0.341. The van der Waals surface area contributed by atoms with E-state index in [9.17, 15) is 17.6 Å². The molecule has 96 valence electrons. The Morgan fingerprint density at radius 1 is 1.12 bits per heavy atom. The molecule has 5 heteroatoms. The first kappa shape index (κ1) is 14.0. The average molecular weight is 249 g/mol. The molecule has 0 saturated carbocycles. The van der Waals surface area contributed by atoms with Gasteiger partial charge in [0.1, 0.15) is 5.82 Å². The van der Waals surface area contributed by atoms with Gasteiger partial charge in [0.2, 0.25) is 0 Å². The molecule has 1 nitrogen and oxygen atoms in total. The molecule has 0 aliphatic carbocycles. The summed E-state index contributed by atoms with van der Waals surface area (Å²) in [6.45, 7) is 5.52. The molecular formula is C12H15F4N. The van der Waals surface area contributed by atoms with Gasteiger partial charge in [-0.1, -0.05) is 26.8 Å². The molecule has 0 aromatic heterocycles. The minimum atomic E-state index is -4.67. The van der Waals surface area contributed by atoms with Gasteiger partial charge in [-0.15, -0.1) is 0 Å². The Morgan fingerprint density at radius 2 is 1.65 bits per heavy atom. The summed E-state index contributed by atoms with van der Waals surface area (Å²) in [5, 5.41) is 0. The molecule has 0 heterocycles. The predicted molar refractivity (Wildman–Crippen MR) is 57.8 cm³/mol. The van der Waals surface area contributed by atoms with Gasteiger partial charge in [-0.2, -0.15) is 13.2 Å². The van der Waals surface area contributed by atoms with Gasteiger partial charge in [0, 0.05) is 6.04 Å². The molecule has 0 bridgehead atoms. The number of hydrogen-bond donors (Lipinski definition) is 1. The fraction of sp³-hybridized carbons (Fsp3) is 0.500. The summed E-state index contributed by atoms with van der Waals surface area (Å²) >= 11 is 0. The normalized spacial score (nSPS) is 14.8. The van der Waals surface area contributed by atoms with E-state index in [1.165, 1.54) is 6.07 Å². The van der Waals surface area contributed by atoms with Crippen molar-refractivity contribution in [2.45, 2.75) is 33.0 Å².